The first kappa shape index (κ1) is 21.7. The van der Waals surface area contributed by atoms with E-state index in [1.807, 2.05) is 53.4 Å². The van der Waals surface area contributed by atoms with Crippen molar-refractivity contribution in [1.29, 1.82) is 0 Å². The maximum absolute atomic E-state index is 12.6. The van der Waals surface area contributed by atoms with Gasteiger partial charge in [0.2, 0.25) is 5.91 Å². The van der Waals surface area contributed by atoms with Crippen molar-refractivity contribution in [3.8, 4) is 5.75 Å². The Balaban J connectivity index is 1.45. The van der Waals surface area contributed by atoms with E-state index in [4.69, 9.17) is 4.74 Å². The highest BCUT2D eigenvalue weighted by Gasteiger charge is 2.21. The van der Waals surface area contributed by atoms with E-state index in [2.05, 4.69) is 24.5 Å². The summed E-state index contributed by atoms with van der Waals surface area (Å²) < 4.78 is 5.54. The molecule has 1 aliphatic heterocycles. The van der Waals surface area contributed by atoms with Crippen molar-refractivity contribution >= 4 is 23.2 Å². The molecule has 6 nitrogen and oxygen atoms in total. The zero-order valence-electron chi connectivity index (χ0n) is 17.8. The molecule has 1 heterocycles. The monoisotopic (exact) mass is 409 g/mol. The molecule has 3 rings (SSSR count). The van der Waals surface area contributed by atoms with Crippen LogP contribution in [0.25, 0.3) is 0 Å². The van der Waals surface area contributed by atoms with Crippen molar-refractivity contribution in [2.45, 2.75) is 33.1 Å². The molecule has 0 aromatic heterocycles. The third kappa shape index (κ3) is 6.24. The zero-order valence-corrected chi connectivity index (χ0v) is 17.8. The maximum atomic E-state index is 12.6. The Hall–Kier alpha value is -3.02. The van der Waals surface area contributed by atoms with Gasteiger partial charge in [0, 0.05) is 30.0 Å². The Labute approximate surface area is 178 Å². The Morgan fingerprint density at radius 1 is 1.00 bits per heavy atom. The van der Waals surface area contributed by atoms with E-state index < -0.39 is 0 Å². The Morgan fingerprint density at radius 3 is 2.27 bits per heavy atom. The standard InChI is InChI=1S/C24H31N3O3/c1-3-16-30-22-10-8-21(9-11-22)26-23(28)17-25-20-6-4-19(5-7-20)24(29)27-14-12-18(2)13-15-27/h4-11,18,25H,3,12-17H2,1-2H3,(H,26,28). The van der Waals surface area contributed by atoms with E-state index in [0.29, 0.717) is 18.1 Å². The molecule has 2 N–H and O–H groups in total. The number of nitrogens with zero attached hydrogens (tertiary/aromatic N) is 1. The molecule has 2 aromatic rings. The van der Waals surface area contributed by atoms with Crippen LogP contribution in [0.2, 0.25) is 0 Å². The van der Waals surface area contributed by atoms with Gasteiger partial charge in [0.05, 0.1) is 13.2 Å². The first-order valence-electron chi connectivity index (χ1n) is 10.7. The molecule has 0 bridgehead atoms. The summed E-state index contributed by atoms with van der Waals surface area (Å²) in [5, 5.41) is 5.95. The van der Waals surface area contributed by atoms with Gasteiger partial charge < -0.3 is 20.3 Å². The molecule has 0 radical (unpaired) electrons. The Morgan fingerprint density at radius 2 is 1.63 bits per heavy atom. The van der Waals surface area contributed by atoms with E-state index in [0.717, 1.165) is 49.5 Å². The summed E-state index contributed by atoms with van der Waals surface area (Å²) in [6.07, 6.45) is 3.08. The summed E-state index contributed by atoms with van der Waals surface area (Å²) in [5.41, 5.74) is 2.21. The third-order valence-electron chi connectivity index (χ3n) is 5.27. The maximum Gasteiger partial charge on any atom is 0.253 e. The number of carbonyl (C=O) groups excluding carboxylic acids is 2. The van der Waals surface area contributed by atoms with E-state index in [-0.39, 0.29) is 18.4 Å². The molecule has 0 atom stereocenters. The van der Waals surface area contributed by atoms with Gasteiger partial charge in [0.15, 0.2) is 0 Å². The second kappa shape index (κ2) is 10.7. The lowest BCUT2D eigenvalue weighted by atomic mass is 9.98. The Kier molecular flexibility index (Phi) is 7.71. The minimum Gasteiger partial charge on any atom is -0.494 e. The quantitative estimate of drug-likeness (QED) is 0.678. The van der Waals surface area contributed by atoms with Crippen LogP contribution in [0, 0.1) is 5.92 Å². The first-order valence-corrected chi connectivity index (χ1v) is 10.7. The smallest absolute Gasteiger partial charge is 0.253 e. The number of rotatable bonds is 8. The molecule has 30 heavy (non-hydrogen) atoms. The molecule has 1 saturated heterocycles. The van der Waals surface area contributed by atoms with Crippen LogP contribution in [0.15, 0.2) is 48.5 Å². The topological polar surface area (TPSA) is 70.7 Å². The van der Waals surface area contributed by atoms with Crippen LogP contribution >= 0.6 is 0 Å². The van der Waals surface area contributed by atoms with E-state index in [1.165, 1.54) is 0 Å². The summed E-state index contributed by atoms with van der Waals surface area (Å²) in [7, 11) is 0. The highest BCUT2D eigenvalue weighted by Crippen LogP contribution is 2.19. The van der Waals surface area contributed by atoms with Gasteiger partial charge in [-0.25, -0.2) is 0 Å². The summed E-state index contributed by atoms with van der Waals surface area (Å²) in [5.74, 6) is 1.43. The fourth-order valence-electron chi connectivity index (χ4n) is 3.37. The zero-order chi connectivity index (χ0) is 21.3. The fourth-order valence-corrected chi connectivity index (χ4v) is 3.37. The predicted octanol–water partition coefficient (Wildman–Crippen LogP) is 4.40. The van der Waals surface area contributed by atoms with Gasteiger partial charge in [-0.1, -0.05) is 13.8 Å². The normalized spacial score (nSPS) is 14.3. The number of amides is 2. The molecule has 2 aromatic carbocycles. The average molecular weight is 410 g/mol. The molecule has 0 saturated carbocycles. The largest absolute Gasteiger partial charge is 0.494 e. The summed E-state index contributed by atoms with van der Waals surface area (Å²) in [4.78, 5) is 26.7. The van der Waals surface area contributed by atoms with Crippen molar-refractivity contribution in [3.05, 3.63) is 54.1 Å². The molecular weight excluding hydrogens is 378 g/mol. The van der Waals surface area contributed by atoms with Crippen LogP contribution in [0.3, 0.4) is 0 Å². The van der Waals surface area contributed by atoms with Crippen molar-refractivity contribution in [2.75, 3.05) is 36.9 Å². The molecule has 0 spiro atoms. The number of carbonyl (C=O) groups is 2. The van der Waals surface area contributed by atoms with Crippen LogP contribution in [-0.4, -0.2) is 43.0 Å². The number of hydrogen-bond acceptors (Lipinski definition) is 4. The molecule has 6 heteroatoms. The molecule has 2 amide bonds. The lowest BCUT2D eigenvalue weighted by Gasteiger charge is -2.30. The van der Waals surface area contributed by atoms with Gasteiger partial charge in [0.1, 0.15) is 5.75 Å². The molecule has 1 fully saturated rings. The SMILES string of the molecule is CCCOc1ccc(NC(=O)CNc2ccc(C(=O)N3CCC(C)CC3)cc2)cc1. The van der Waals surface area contributed by atoms with E-state index >= 15 is 0 Å². The number of hydrogen-bond donors (Lipinski definition) is 2. The van der Waals surface area contributed by atoms with Crippen LogP contribution in [0.4, 0.5) is 11.4 Å². The lowest BCUT2D eigenvalue weighted by Crippen LogP contribution is -2.37. The van der Waals surface area contributed by atoms with Crippen LogP contribution in [0.1, 0.15) is 43.5 Å². The second-order valence-electron chi connectivity index (χ2n) is 7.83. The van der Waals surface area contributed by atoms with Gasteiger partial charge in [-0.2, -0.15) is 0 Å². The van der Waals surface area contributed by atoms with Crippen molar-refractivity contribution in [3.63, 3.8) is 0 Å². The average Bonchev–Trinajstić information content (AvgIpc) is 2.77. The number of ether oxygens (including phenoxy) is 1. The number of likely N-dealkylation sites (tertiary alicyclic amines) is 1. The number of anilines is 2. The van der Waals surface area contributed by atoms with Gasteiger partial charge >= 0.3 is 0 Å². The fraction of sp³-hybridized carbons (Fsp3) is 0.417. The van der Waals surface area contributed by atoms with Gasteiger partial charge in [0.25, 0.3) is 5.91 Å². The van der Waals surface area contributed by atoms with Gasteiger partial charge in [-0.05, 0) is 73.7 Å². The second-order valence-corrected chi connectivity index (χ2v) is 7.83. The van der Waals surface area contributed by atoms with Gasteiger partial charge in [-0.3, -0.25) is 9.59 Å². The predicted molar refractivity (Wildman–Crippen MR) is 120 cm³/mol. The molecule has 0 aliphatic carbocycles. The van der Waals surface area contributed by atoms with Crippen LogP contribution < -0.4 is 15.4 Å². The number of nitrogens with one attached hydrogen (secondary N) is 2. The molecule has 160 valence electrons. The molecule has 0 unspecified atom stereocenters. The highest BCUT2D eigenvalue weighted by atomic mass is 16.5. The van der Waals surface area contributed by atoms with Crippen molar-refractivity contribution in [1.82, 2.24) is 4.90 Å². The van der Waals surface area contributed by atoms with E-state index in [1.54, 1.807) is 0 Å². The molecule has 1 aliphatic rings. The van der Waals surface area contributed by atoms with Gasteiger partial charge in [-0.15, -0.1) is 0 Å². The summed E-state index contributed by atoms with van der Waals surface area (Å²) in [6.45, 7) is 6.76. The summed E-state index contributed by atoms with van der Waals surface area (Å²) in [6, 6.07) is 14.6. The van der Waals surface area contributed by atoms with E-state index in [9.17, 15) is 9.59 Å². The number of benzene rings is 2. The third-order valence-corrected chi connectivity index (χ3v) is 5.27. The van der Waals surface area contributed by atoms with Crippen LogP contribution in [-0.2, 0) is 4.79 Å². The van der Waals surface area contributed by atoms with Crippen LogP contribution in [0.5, 0.6) is 5.75 Å². The van der Waals surface area contributed by atoms with Crippen molar-refractivity contribution in [2.24, 2.45) is 5.92 Å². The number of piperidine rings is 1. The summed E-state index contributed by atoms with van der Waals surface area (Å²) >= 11 is 0. The van der Waals surface area contributed by atoms with Crippen molar-refractivity contribution < 1.29 is 14.3 Å². The first-order chi connectivity index (χ1) is 14.5. The Bertz CT molecular complexity index is 826. The minimum atomic E-state index is -0.139. The minimum absolute atomic E-state index is 0.0811. The highest BCUT2D eigenvalue weighted by molar-refractivity contribution is 5.95. The lowest BCUT2D eigenvalue weighted by molar-refractivity contribution is -0.114. The molecular formula is C24H31N3O3.